The zero-order valence-corrected chi connectivity index (χ0v) is 9.28. The van der Waals surface area contributed by atoms with Gasteiger partial charge in [0, 0.05) is 12.1 Å². The van der Waals surface area contributed by atoms with Gasteiger partial charge in [-0.15, -0.1) is 0 Å². The standard InChI is InChI=1S/C11H13F2NO3/c1-16-10(15)7-14-6-8-4-2-3-5-9(8)17-11(12)13/h2-5,11,14H,6-7H2,1H3. The number of benzene rings is 1. The van der Waals surface area contributed by atoms with E-state index in [1.807, 2.05) is 0 Å². The number of esters is 1. The maximum absolute atomic E-state index is 12.1. The molecule has 0 aromatic heterocycles. The Morgan fingerprint density at radius 3 is 2.76 bits per heavy atom. The minimum absolute atomic E-state index is 0.0134. The van der Waals surface area contributed by atoms with Crippen LogP contribution in [0.15, 0.2) is 24.3 Å². The average molecular weight is 245 g/mol. The number of alkyl halides is 2. The fourth-order valence-electron chi connectivity index (χ4n) is 1.23. The highest BCUT2D eigenvalue weighted by atomic mass is 19.3. The molecule has 94 valence electrons. The molecule has 0 heterocycles. The summed E-state index contributed by atoms with van der Waals surface area (Å²) in [7, 11) is 1.28. The summed E-state index contributed by atoms with van der Waals surface area (Å²) in [5.74, 6) is -0.322. The maximum atomic E-state index is 12.1. The van der Waals surface area contributed by atoms with E-state index in [2.05, 4.69) is 14.8 Å². The Labute approximate surface area is 97.5 Å². The SMILES string of the molecule is COC(=O)CNCc1ccccc1OC(F)F. The molecule has 0 aliphatic heterocycles. The van der Waals surface area contributed by atoms with Crippen LogP contribution in [0.5, 0.6) is 5.75 Å². The Morgan fingerprint density at radius 1 is 1.41 bits per heavy atom. The van der Waals surface area contributed by atoms with Crippen molar-refractivity contribution in [3.63, 3.8) is 0 Å². The third-order valence-corrected chi connectivity index (χ3v) is 2.00. The average Bonchev–Trinajstić information content (AvgIpc) is 2.30. The molecule has 0 atom stereocenters. The van der Waals surface area contributed by atoms with E-state index in [0.29, 0.717) is 5.56 Å². The van der Waals surface area contributed by atoms with E-state index in [0.717, 1.165) is 0 Å². The fraction of sp³-hybridized carbons (Fsp3) is 0.364. The van der Waals surface area contributed by atoms with E-state index in [1.54, 1.807) is 18.2 Å². The largest absolute Gasteiger partial charge is 0.468 e. The maximum Gasteiger partial charge on any atom is 0.387 e. The molecule has 1 aromatic carbocycles. The van der Waals surface area contributed by atoms with Gasteiger partial charge in [-0.1, -0.05) is 18.2 Å². The van der Waals surface area contributed by atoms with E-state index in [9.17, 15) is 13.6 Å². The van der Waals surface area contributed by atoms with Crippen LogP contribution in [0.3, 0.4) is 0 Å². The molecule has 0 amide bonds. The highest BCUT2D eigenvalue weighted by Crippen LogP contribution is 2.19. The van der Waals surface area contributed by atoms with Crippen LogP contribution in [0, 0.1) is 0 Å². The first-order valence-corrected chi connectivity index (χ1v) is 4.93. The second-order valence-corrected chi connectivity index (χ2v) is 3.17. The van der Waals surface area contributed by atoms with E-state index in [1.165, 1.54) is 13.2 Å². The van der Waals surface area contributed by atoms with E-state index >= 15 is 0 Å². The Balaban J connectivity index is 2.54. The second kappa shape index (κ2) is 6.80. The number of carbonyl (C=O) groups excluding carboxylic acids is 1. The Hall–Kier alpha value is -1.69. The summed E-state index contributed by atoms with van der Waals surface area (Å²) in [5.41, 5.74) is 0.553. The first kappa shape index (κ1) is 13.4. The van der Waals surface area contributed by atoms with E-state index in [-0.39, 0.29) is 18.8 Å². The van der Waals surface area contributed by atoms with Crippen LogP contribution in [0.25, 0.3) is 0 Å². The van der Waals surface area contributed by atoms with Crippen molar-refractivity contribution in [1.82, 2.24) is 5.32 Å². The molecule has 4 nitrogen and oxygen atoms in total. The van der Waals surface area contributed by atoms with Gasteiger partial charge in [0.05, 0.1) is 13.7 Å². The normalized spacial score (nSPS) is 10.4. The van der Waals surface area contributed by atoms with Crippen LogP contribution in [-0.4, -0.2) is 26.2 Å². The molecule has 0 unspecified atom stereocenters. The minimum Gasteiger partial charge on any atom is -0.468 e. The lowest BCUT2D eigenvalue weighted by molar-refractivity contribution is -0.139. The molecule has 0 radical (unpaired) electrons. The molecule has 17 heavy (non-hydrogen) atoms. The molecule has 0 fully saturated rings. The molecule has 0 saturated carbocycles. The molecule has 0 spiro atoms. The molecule has 0 aliphatic rings. The summed E-state index contributed by atoms with van der Waals surface area (Å²) in [6, 6.07) is 6.39. The minimum atomic E-state index is -2.86. The van der Waals surface area contributed by atoms with Gasteiger partial charge in [0.15, 0.2) is 0 Å². The van der Waals surface area contributed by atoms with Crippen molar-refractivity contribution < 1.29 is 23.0 Å². The summed E-state index contributed by atoms with van der Waals surface area (Å²) in [4.78, 5) is 10.8. The summed E-state index contributed by atoms with van der Waals surface area (Å²) >= 11 is 0. The van der Waals surface area contributed by atoms with Gasteiger partial charge in [-0.25, -0.2) is 0 Å². The van der Waals surface area contributed by atoms with Crippen molar-refractivity contribution in [2.75, 3.05) is 13.7 Å². The number of hydrogen-bond acceptors (Lipinski definition) is 4. The van der Waals surface area contributed by atoms with Gasteiger partial charge in [-0.3, -0.25) is 4.79 Å². The van der Waals surface area contributed by atoms with E-state index in [4.69, 9.17) is 0 Å². The van der Waals surface area contributed by atoms with E-state index < -0.39 is 12.6 Å². The Kier molecular flexibility index (Phi) is 5.35. The van der Waals surface area contributed by atoms with Crippen molar-refractivity contribution in [2.45, 2.75) is 13.2 Å². The summed E-state index contributed by atoms with van der Waals surface area (Å²) in [6.45, 7) is -2.60. The number of ether oxygens (including phenoxy) is 2. The summed E-state index contributed by atoms with van der Waals surface area (Å²) in [5, 5.41) is 2.77. The lowest BCUT2D eigenvalue weighted by Crippen LogP contribution is -2.23. The number of rotatable bonds is 6. The van der Waals surface area contributed by atoms with Crippen LogP contribution in [-0.2, 0) is 16.1 Å². The molecule has 6 heteroatoms. The molecule has 1 aromatic rings. The number of hydrogen-bond donors (Lipinski definition) is 1. The topological polar surface area (TPSA) is 47.6 Å². The third-order valence-electron chi connectivity index (χ3n) is 2.00. The molecule has 0 aliphatic carbocycles. The summed E-state index contributed by atoms with van der Waals surface area (Å²) in [6.07, 6.45) is 0. The van der Waals surface area contributed by atoms with Crippen molar-refractivity contribution in [2.24, 2.45) is 0 Å². The van der Waals surface area contributed by atoms with Crippen LogP contribution >= 0.6 is 0 Å². The molecular formula is C11H13F2NO3. The third kappa shape index (κ3) is 4.78. The van der Waals surface area contributed by atoms with Gasteiger partial charge in [0.2, 0.25) is 0 Å². The monoisotopic (exact) mass is 245 g/mol. The molecule has 0 saturated heterocycles. The van der Waals surface area contributed by atoms with Gasteiger partial charge in [0.25, 0.3) is 0 Å². The zero-order chi connectivity index (χ0) is 12.7. The second-order valence-electron chi connectivity index (χ2n) is 3.17. The number of nitrogens with one attached hydrogen (secondary N) is 1. The number of methoxy groups -OCH3 is 1. The van der Waals surface area contributed by atoms with Crippen LogP contribution in [0.2, 0.25) is 0 Å². The van der Waals surface area contributed by atoms with Gasteiger partial charge in [-0.2, -0.15) is 8.78 Å². The number of carbonyl (C=O) groups is 1. The molecule has 1 N–H and O–H groups in total. The molecule has 0 bridgehead atoms. The Morgan fingerprint density at radius 2 is 2.12 bits per heavy atom. The van der Waals surface area contributed by atoms with Gasteiger partial charge in [0.1, 0.15) is 5.75 Å². The van der Waals surface area contributed by atoms with Crippen LogP contribution < -0.4 is 10.1 Å². The van der Waals surface area contributed by atoms with Crippen molar-refractivity contribution in [3.8, 4) is 5.75 Å². The van der Waals surface area contributed by atoms with Crippen molar-refractivity contribution >= 4 is 5.97 Å². The predicted molar refractivity (Wildman–Crippen MR) is 56.8 cm³/mol. The van der Waals surface area contributed by atoms with Gasteiger partial charge in [-0.05, 0) is 6.07 Å². The van der Waals surface area contributed by atoms with Crippen LogP contribution in [0.4, 0.5) is 8.78 Å². The predicted octanol–water partition coefficient (Wildman–Crippen LogP) is 1.55. The Bertz CT molecular complexity index is 371. The smallest absolute Gasteiger partial charge is 0.387 e. The van der Waals surface area contributed by atoms with Crippen molar-refractivity contribution in [1.29, 1.82) is 0 Å². The first-order valence-electron chi connectivity index (χ1n) is 4.93. The fourth-order valence-corrected chi connectivity index (χ4v) is 1.23. The summed E-state index contributed by atoms with van der Waals surface area (Å²) < 4.78 is 32.9. The quantitative estimate of drug-likeness (QED) is 0.772. The lowest BCUT2D eigenvalue weighted by Gasteiger charge is -2.10. The molecule has 1 rings (SSSR count). The number of halogens is 2. The van der Waals surface area contributed by atoms with Crippen molar-refractivity contribution in [3.05, 3.63) is 29.8 Å². The van der Waals surface area contributed by atoms with Gasteiger partial charge >= 0.3 is 12.6 Å². The lowest BCUT2D eigenvalue weighted by atomic mass is 10.2. The zero-order valence-electron chi connectivity index (χ0n) is 9.28. The highest BCUT2D eigenvalue weighted by molar-refractivity contribution is 5.71. The molecular weight excluding hydrogens is 232 g/mol. The number of para-hydroxylation sites is 1. The highest BCUT2D eigenvalue weighted by Gasteiger charge is 2.09. The van der Waals surface area contributed by atoms with Gasteiger partial charge < -0.3 is 14.8 Å². The van der Waals surface area contributed by atoms with Crippen LogP contribution in [0.1, 0.15) is 5.56 Å². The first-order chi connectivity index (χ1) is 8.13.